The first-order chi connectivity index (χ1) is 15.3. The molecule has 0 bridgehead atoms. The highest BCUT2D eigenvalue weighted by atomic mass is 16.5. The zero-order valence-electron chi connectivity index (χ0n) is 21.3. The van der Waals surface area contributed by atoms with Crippen molar-refractivity contribution in [3.63, 3.8) is 0 Å². The van der Waals surface area contributed by atoms with E-state index in [1.807, 2.05) is 0 Å². The average molecular weight is 435 g/mol. The highest BCUT2D eigenvalue weighted by Gasteiger charge is 2.14. The van der Waals surface area contributed by atoms with Crippen molar-refractivity contribution in [3.05, 3.63) is 24.3 Å². The van der Waals surface area contributed by atoms with Gasteiger partial charge in [0.2, 0.25) is 0 Å². The number of methoxy groups -OCH3 is 1. The molecule has 0 aromatic carbocycles. The molecule has 0 aliphatic heterocycles. The first kappa shape index (κ1) is 29.9. The van der Waals surface area contributed by atoms with Crippen LogP contribution in [0.3, 0.4) is 0 Å². The summed E-state index contributed by atoms with van der Waals surface area (Å²) in [5.41, 5.74) is 0. The Labute approximate surface area is 195 Å². The minimum Gasteiger partial charge on any atom is -0.469 e. The molecule has 0 aromatic heterocycles. The van der Waals surface area contributed by atoms with E-state index in [9.17, 15) is 4.79 Å². The van der Waals surface area contributed by atoms with Crippen LogP contribution in [-0.4, -0.2) is 13.1 Å². The van der Waals surface area contributed by atoms with Crippen LogP contribution >= 0.6 is 0 Å². The van der Waals surface area contributed by atoms with Gasteiger partial charge in [-0.15, -0.1) is 0 Å². The van der Waals surface area contributed by atoms with Gasteiger partial charge < -0.3 is 4.74 Å². The quantitative estimate of drug-likeness (QED) is 0.0908. The smallest absolute Gasteiger partial charge is 0.312 e. The molecule has 0 rings (SSSR count). The Bertz CT molecular complexity index is 424. The Hall–Kier alpha value is -1.05. The van der Waals surface area contributed by atoms with Crippen LogP contribution in [0.4, 0.5) is 0 Å². The zero-order valence-corrected chi connectivity index (χ0v) is 21.3. The third kappa shape index (κ3) is 22.0. The van der Waals surface area contributed by atoms with Crippen LogP contribution in [0.25, 0.3) is 0 Å². The highest BCUT2D eigenvalue weighted by Crippen LogP contribution is 2.16. The molecule has 0 amide bonds. The van der Waals surface area contributed by atoms with Gasteiger partial charge in [0, 0.05) is 0 Å². The molecule has 1 unspecified atom stereocenters. The maximum atomic E-state index is 12.0. The molecule has 2 nitrogen and oxygen atoms in total. The maximum absolute atomic E-state index is 12.0. The first-order valence-corrected chi connectivity index (χ1v) is 13.7. The lowest BCUT2D eigenvalue weighted by atomic mass is 9.99. The topological polar surface area (TPSA) is 26.3 Å². The Morgan fingerprint density at radius 2 is 1.03 bits per heavy atom. The van der Waals surface area contributed by atoms with E-state index >= 15 is 0 Å². The number of ether oxygens (including phenoxy) is 1. The van der Waals surface area contributed by atoms with E-state index in [4.69, 9.17) is 4.74 Å². The largest absolute Gasteiger partial charge is 0.469 e. The zero-order chi connectivity index (χ0) is 22.8. The molecular formula is C29H54O2. The molecule has 31 heavy (non-hydrogen) atoms. The second-order valence-corrected chi connectivity index (χ2v) is 9.13. The maximum Gasteiger partial charge on any atom is 0.312 e. The van der Waals surface area contributed by atoms with Gasteiger partial charge in [0.05, 0.1) is 13.0 Å². The molecule has 1 atom stereocenters. The van der Waals surface area contributed by atoms with E-state index < -0.39 is 0 Å². The molecule has 0 fully saturated rings. The van der Waals surface area contributed by atoms with E-state index in [1.165, 1.54) is 116 Å². The lowest BCUT2D eigenvalue weighted by Gasteiger charge is -2.10. The average Bonchev–Trinajstić information content (AvgIpc) is 2.79. The summed E-state index contributed by atoms with van der Waals surface area (Å²) in [4.78, 5) is 12.0. The minimum atomic E-state index is -0.0724. The SMILES string of the molecule is CCCCCCCC/C=C\CCCCCCC(/C=C/CCCCCCCC)C(=O)OC. The van der Waals surface area contributed by atoms with Crippen LogP contribution < -0.4 is 0 Å². The fourth-order valence-corrected chi connectivity index (χ4v) is 4.01. The second kappa shape index (κ2) is 25.2. The summed E-state index contributed by atoms with van der Waals surface area (Å²) in [5.74, 6) is -0.126. The molecule has 182 valence electrons. The molecule has 0 saturated heterocycles. The summed E-state index contributed by atoms with van der Waals surface area (Å²) in [6.07, 6.45) is 34.6. The van der Waals surface area contributed by atoms with Crippen molar-refractivity contribution >= 4 is 5.97 Å². The van der Waals surface area contributed by atoms with E-state index in [2.05, 4.69) is 38.2 Å². The van der Waals surface area contributed by atoms with Gasteiger partial charge in [0.1, 0.15) is 0 Å². The Kier molecular flexibility index (Phi) is 24.4. The molecule has 0 aliphatic rings. The van der Waals surface area contributed by atoms with Crippen LogP contribution in [0.15, 0.2) is 24.3 Å². The number of rotatable bonds is 23. The van der Waals surface area contributed by atoms with Crippen LogP contribution in [0.2, 0.25) is 0 Å². The van der Waals surface area contributed by atoms with E-state index in [0.29, 0.717) is 0 Å². The van der Waals surface area contributed by atoms with Crippen molar-refractivity contribution in [2.24, 2.45) is 5.92 Å². The molecular weight excluding hydrogens is 380 g/mol. The van der Waals surface area contributed by atoms with Gasteiger partial charge >= 0.3 is 5.97 Å². The number of hydrogen-bond acceptors (Lipinski definition) is 2. The van der Waals surface area contributed by atoms with Gasteiger partial charge in [-0.3, -0.25) is 4.79 Å². The van der Waals surface area contributed by atoms with Crippen molar-refractivity contribution in [2.45, 2.75) is 142 Å². The van der Waals surface area contributed by atoms with Gasteiger partial charge in [-0.05, 0) is 44.9 Å². The fourth-order valence-electron chi connectivity index (χ4n) is 4.01. The molecule has 0 aromatic rings. The molecule has 0 spiro atoms. The van der Waals surface area contributed by atoms with Crippen LogP contribution in [0.5, 0.6) is 0 Å². The lowest BCUT2D eigenvalue weighted by Crippen LogP contribution is -2.13. The van der Waals surface area contributed by atoms with Gasteiger partial charge in [-0.25, -0.2) is 0 Å². The van der Waals surface area contributed by atoms with Crippen LogP contribution in [0.1, 0.15) is 142 Å². The minimum absolute atomic E-state index is 0.0534. The number of carbonyl (C=O) groups is 1. The van der Waals surface area contributed by atoms with Crippen LogP contribution in [0, 0.1) is 5.92 Å². The normalized spacial score (nSPS) is 12.7. The predicted octanol–water partition coefficient (Wildman–Crippen LogP) is 9.73. The van der Waals surface area contributed by atoms with E-state index in [0.717, 1.165) is 19.3 Å². The third-order valence-electron chi connectivity index (χ3n) is 6.12. The Balaban J connectivity index is 3.70. The van der Waals surface area contributed by atoms with E-state index in [-0.39, 0.29) is 11.9 Å². The number of hydrogen-bond donors (Lipinski definition) is 0. The fraction of sp³-hybridized carbons (Fsp3) is 0.828. The third-order valence-corrected chi connectivity index (χ3v) is 6.12. The van der Waals surface area contributed by atoms with E-state index in [1.54, 1.807) is 0 Å². The monoisotopic (exact) mass is 434 g/mol. The molecule has 2 heteroatoms. The number of carbonyl (C=O) groups excluding carboxylic acids is 1. The van der Waals surface area contributed by atoms with Crippen molar-refractivity contribution < 1.29 is 9.53 Å². The summed E-state index contributed by atoms with van der Waals surface area (Å²) in [5, 5.41) is 0. The van der Waals surface area contributed by atoms with Crippen molar-refractivity contribution in [3.8, 4) is 0 Å². The van der Waals surface area contributed by atoms with Gasteiger partial charge in [0.25, 0.3) is 0 Å². The Morgan fingerprint density at radius 1 is 0.613 bits per heavy atom. The lowest BCUT2D eigenvalue weighted by molar-refractivity contribution is -0.143. The molecule has 0 aliphatic carbocycles. The summed E-state index contributed by atoms with van der Waals surface area (Å²) < 4.78 is 5.01. The van der Waals surface area contributed by atoms with Crippen molar-refractivity contribution in [1.82, 2.24) is 0 Å². The van der Waals surface area contributed by atoms with Gasteiger partial charge in [0.15, 0.2) is 0 Å². The summed E-state index contributed by atoms with van der Waals surface area (Å²) >= 11 is 0. The molecule has 0 saturated carbocycles. The number of unbranched alkanes of at least 4 members (excludes halogenated alkanes) is 16. The summed E-state index contributed by atoms with van der Waals surface area (Å²) in [6, 6.07) is 0. The first-order valence-electron chi connectivity index (χ1n) is 13.7. The molecule has 0 N–H and O–H groups in total. The standard InChI is InChI=1S/C29H54O2/c1-4-6-8-10-12-14-15-16-17-18-19-21-23-25-27-28(29(30)31-3)26-24-22-20-13-11-9-7-5-2/h16-17,24,26,28H,4-15,18-23,25,27H2,1-3H3/b17-16-,26-24+. The summed E-state index contributed by atoms with van der Waals surface area (Å²) in [7, 11) is 1.51. The number of allylic oxidation sites excluding steroid dienone is 3. The van der Waals surface area contributed by atoms with Crippen molar-refractivity contribution in [2.75, 3.05) is 7.11 Å². The molecule has 0 radical (unpaired) electrons. The van der Waals surface area contributed by atoms with Gasteiger partial charge in [-0.1, -0.05) is 122 Å². The van der Waals surface area contributed by atoms with Gasteiger partial charge in [-0.2, -0.15) is 0 Å². The van der Waals surface area contributed by atoms with Crippen molar-refractivity contribution in [1.29, 1.82) is 0 Å². The summed E-state index contributed by atoms with van der Waals surface area (Å²) in [6.45, 7) is 4.53. The molecule has 0 heterocycles. The second-order valence-electron chi connectivity index (χ2n) is 9.13. The Morgan fingerprint density at radius 3 is 1.52 bits per heavy atom. The highest BCUT2D eigenvalue weighted by molar-refractivity contribution is 5.74. The number of esters is 1. The van der Waals surface area contributed by atoms with Crippen LogP contribution in [-0.2, 0) is 9.53 Å². The predicted molar refractivity (Wildman–Crippen MR) is 137 cm³/mol.